The van der Waals surface area contributed by atoms with Gasteiger partial charge in [0.25, 0.3) is 10.0 Å². The highest BCUT2D eigenvalue weighted by Gasteiger charge is 2.22. The summed E-state index contributed by atoms with van der Waals surface area (Å²) in [6, 6.07) is 6.47. The number of thiocarbonyl (C=S) groups is 1. The molecule has 20 heavy (non-hydrogen) atoms. The first-order valence-electron chi connectivity index (χ1n) is 5.41. The fourth-order valence-electron chi connectivity index (χ4n) is 1.64. The van der Waals surface area contributed by atoms with Crippen molar-refractivity contribution in [1.82, 2.24) is 9.78 Å². The SMILES string of the molecule is Cn1ncc(Cl)c1S(=O)(=O)Nc1cccc(C(N)=S)c1. The molecule has 0 aliphatic heterocycles. The minimum atomic E-state index is -3.84. The number of halogens is 1. The largest absolute Gasteiger partial charge is 0.389 e. The average molecular weight is 331 g/mol. The van der Waals surface area contributed by atoms with Crippen molar-refractivity contribution in [3.05, 3.63) is 41.0 Å². The van der Waals surface area contributed by atoms with Crippen molar-refractivity contribution in [3.8, 4) is 0 Å². The van der Waals surface area contributed by atoms with Crippen LogP contribution >= 0.6 is 23.8 Å². The first-order valence-corrected chi connectivity index (χ1v) is 7.68. The zero-order valence-electron chi connectivity index (χ0n) is 10.4. The van der Waals surface area contributed by atoms with Gasteiger partial charge in [0.15, 0.2) is 5.03 Å². The molecule has 0 fully saturated rings. The molecule has 0 atom stereocenters. The van der Waals surface area contributed by atoms with E-state index in [2.05, 4.69) is 9.82 Å². The van der Waals surface area contributed by atoms with Crippen molar-refractivity contribution in [3.63, 3.8) is 0 Å². The van der Waals surface area contributed by atoms with E-state index < -0.39 is 10.0 Å². The standard InChI is InChI=1S/C11H11ClN4O2S2/c1-16-11(9(12)6-14-16)20(17,18)15-8-4-2-3-7(5-8)10(13)19/h2-6,15H,1H3,(H2,13,19). The summed E-state index contributed by atoms with van der Waals surface area (Å²) in [5.74, 6) is 0. The topological polar surface area (TPSA) is 90.0 Å². The van der Waals surface area contributed by atoms with E-state index in [-0.39, 0.29) is 15.0 Å². The van der Waals surface area contributed by atoms with Gasteiger partial charge in [0.05, 0.1) is 11.2 Å². The molecule has 0 amide bonds. The van der Waals surface area contributed by atoms with Crippen LogP contribution in [-0.2, 0) is 17.1 Å². The van der Waals surface area contributed by atoms with E-state index in [1.807, 2.05) is 0 Å². The lowest BCUT2D eigenvalue weighted by atomic mass is 10.2. The molecule has 1 aromatic heterocycles. The van der Waals surface area contributed by atoms with E-state index in [0.717, 1.165) is 0 Å². The third-order valence-electron chi connectivity index (χ3n) is 2.50. The fraction of sp³-hybridized carbons (Fsp3) is 0.0909. The quantitative estimate of drug-likeness (QED) is 0.829. The molecule has 2 rings (SSSR count). The predicted molar refractivity (Wildman–Crippen MR) is 81.4 cm³/mol. The number of rotatable bonds is 4. The summed E-state index contributed by atoms with van der Waals surface area (Å²) in [4.78, 5) is 0.185. The highest BCUT2D eigenvalue weighted by atomic mass is 35.5. The molecule has 0 bridgehead atoms. The predicted octanol–water partition coefficient (Wildman–Crippen LogP) is 1.51. The van der Waals surface area contributed by atoms with Crippen molar-refractivity contribution in [2.45, 2.75) is 5.03 Å². The Morgan fingerprint density at radius 1 is 1.50 bits per heavy atom. The van der Waals surface area contributed by atoms with Crippen LogP contribution in [0.4, 0.5) is 5.69 Å². The van der Waals surface area contributed by atoms with Gasteiger partial charge in [0.1, 0.15) is 4.99 Å². The maximum absolute atomic E-state index is 12.3. The van der Waals surface area contributed by atoms with Crippen molar-refractivity contribution >= 4 is 44.5 Å². The lowest BCUT2D eigenvalue weighted by molar-refractivity contribution is 0.582. The van der Waals surface area contributed by atoms with Crippen molar-refractivity contribution in [1.29, 1.82) is 0 Å². The van der Waals surface area contributed by atoms with Crippen LogP contribution in [0.25, 0.3) is 0 Å². The lowest BCUT2D eigenvalue weighted by Gasteiger charge is -2.09. The number of aromatic nitrogens is 2. The normalized spacial score (nSPS) is 11.3. The maximum Gasteiger partial charge on any atom is 0.280 e. The second kappa shape index (κ2) is 5.39. The fourth-order valence-corrected chi connectivity index (χ4v) is 3.48. The molecule has 0 radical (unpaired) electrons. The smallest absolute Gasteiger partial charge is 0.280 e. The summed E-state index contributed by atoms with van der Waals surface area (Å²) in [5, 5.41) is 3.73. The Morgan fingerprint density at radius 3 is 2.75 bits per heavy atom. The van der Waals surface area contributed by atoms with Crippen molar-refractivity contribution in [2.24, 2.45) is 12.8 Å². The van der Waals surface area contributed by atoms with Gasteiger partial charge in [-0.1, -0.05) is 36.0 Å². The second-order valence-corrected chi connectivity index (χ2v) is 6.42. The van der Waals surface area contributed by atoms with Crippen LogP contribution in [0.2, 0.25) is 5.02 Å². The molecule has 0 spiro atoms. The van der Waals surface area contributed by atoms with Crippen molar-refractivity contribution < 1.29 is 8.42 Å². The molecular formula is C11H11ClN4O2S2. The maximum atomic E-state index is 12.3. The number of hydrogen-bond donors (Lipinski definition) is 2. The molecule has 1 heterocycles. The van der Waals surface area contributed by atoms with Gasteiger partial charge >= 0.3 is 0 Å². The molecule has 6 nitrogen and oxygen atoms in total. The van der Waals surface area contributed by atoms with Gasteiger partial charge in [-0.15, -0.1) is 0 Å². The number of nitrogens with one attached hydrogen (secondary N) is 1. The average Bonchev–Trinajstić information content (AvgIpc) is 2.69. The molecule has 9 heteroatoms. The Hall–Kier alpha value is -1.64. The molecule has 3 N–H and O–H groups in total. The summed E-state index contributed by atoms with van der Waals surface area (Å²) < 4.78 is 28.1. The van der Waals surface area contributed by atoms with Crippen LogP contribution in [-0.4, -0.2) is 23.2 Å². The molecule has 1 aromatic carbocycles. The zero-order valence-corrected chi connectivity index (χ0v) is 12.8. The van der Waals surface area contributed by atoms with Gasteiger partial charge in [-0.3, -0.25) is 9.40 Å². The third kappa shape index (κ3) is 2.92. The number of anilines is 1. The van der Waals surface area contributed by atoms with E-state index in [1.165, 1.54) is 17.9 Å². The van der Waals surface area contributed by atoms with Gasteiger partial charge in [-0.2, -0.15) is 13.5 Å². The molecule has 0 aliphatic carbocycles. The number of sulfonamides is 1. The highest BCUT2D eigenvalue weighted by molar-refractivity contribution is 7.92. The molecule has 0 saturated carbocycles. The van der Waals surface area contributed by atoms with Gasteiger partial charge in [-0.25, -0.2) is 0 Å². The number of benzene rings is 1. The first-order chi connectivity index (χ1) is 9.31. The highest BCUT2D eigenvalue weighted by Crippen LogP contribution is 2.23. The Balaban J connectivity index is 2.39. The first kappa shape index (κ1) is 14.8. The van der Waals surface area contributed by atoms with Gasteiger partial charge in [0, 0.05) is 18.3 Å². The van der Waals surface area contributed by atoms with E-state index in [0.29, 0.717) is 11.3 Å². The molecular weight excluding hydrogens is 320 g/mol. The van der Waals surface area contributed by atoms with E-state index in [1.54, 1.807) is 24.3 Å². The minimum Gasteiger partial charge on any atom is -0.389 e. The van der Waals surface area contributed by atoms with Crippen LogP contribution in [0.15, 0.2) is 35.5 Å². The summed E-state index contributed by atoms with van der Waals surface area (Å²) in [6.07, 6.45) is 1.27. The summed E-state index contributed by atoms with van der Waals surface area (Å²) in [5.41, 5.74) is 6.41. The zero-order chi connectivity index (χ0) is 14.9. The second-order valence-electron chi connectivity index (χ2n) is 3.97. The van der Waals surface area contributed by atoms with Gasteiger partial charge in [0.2, 0.25) is 0 Å². The van der Waals surface area contributed by atoms with E-state index >= 15 is 0 Å². The summed E-state index contributed by atoms with van der Waals surface area (Å²) in [7, 11) is -2.35. The van der Waals surface area contributed by atoms with Crippen LogP contribution in [0.3, 0.4) is 0 Å². The Bertz CT molecular complexity index is 751. The Labute approximate surface area is 126 Å². The number of nitrogens with zero attached hydrogens (tertiary/aromatic N) is 2. The van der Waals surface area contributed by atoms with E-state index in [9.17, 15) is 8.42 Å². The molecule has 0 unspecified atom stereocenters. The number of aryl methyl sites for hydroxylation is 1. The molecule has 0 saturated heterocycles. The minimum absolute atomic E-state index is 0.0468. The lowest BCUT2D eigenvalue weighted by Crippen LogP contribution is -2.17. The molecule has 0 aliphatic rings. The van der Waals surface area contributed by atoms with Crippen LogP contribution in [0.5, 0.6) is 0 Å². The van der Waals surface area contributed by atoms with Crippen molar-refractivity contribution in [2.75, 3.05) is 4.72 Å². The van der Waals surface area contributed by atoms with Gasteiger partial charge < -0.3 is 5.73 Å². The van der Waals surface area contributed by atoms with Crippen LogP contribution in [0, 0.1) is 0 Å². The Kier molecular flexibility index (Phi) is 3.98. The van der Waals surface area contributed by atoms with Gasteiger partial charge in [-0.05, 0) is 12.1 Å². The number of hydrogen-bond acceptors (Lipinski definition) is 4. The summed E-state index contributed by atoms with van der Waals surface area (Å²) >= 11 is 10.7. The number of nitrogens with two attached hydrogens (primary N) is 1. The van der Waals surface area contributed by atoms with Crippen LogP contribution < -0.4 is 10.5 Å². The third-order valence-corrected chi connectivity index (χ3v) is 4.62. The Morgan fingerprint density at radius 2 is 2.20 bits per heavy atom. The molecule has 2 aromatic rings. The summed E-state index contributed by atoms with van der Waals surface area (Å²) in [6.45, 7) is 0. The molecule has 106 valence electrons. The van der Waals surface area contributed by atoms with Crippen LogP contribution in [0.1, 0.15) is 5.56 Å². The monoisotopic (exact) mass is 330 g/mol. The van der Waals surface area contributed by atoms with E-state index in [4.69, 9.17) is 29.6 Å².